The number of hydrogen-bond acceptors (Lipinski definition) is 7. The molecule has 31 heavy (non-hydrogen) atoms. The fourth-order valence-electron chi connectivity index (χ4n) is 4.28. The van der Waals surface area contributed by atoms with Gasteiger partial charge in [-0.3, -0.25) is 15.0 Å². The molecule has 0 bridgehead atoms. The lowest BCUT2D eigenvalue weighted by molar-refractivity contribution is -0.127. The molecule has 0 radical (unpaired) electrons. The van der Waals surface area contributed by atoms with Crippen LogP contribution in [0, 0.1) is 0 Å². The summed E-state index contributed by atoms with van der Waals surface area (Å²) in [7, 11) is 1.68. The zero-order valence-corrected chi connectivity index (χ0v) is 18.7. The average molecular weight is 449 g/mol. The van der Waals surface area contributed by atoms with Crippen LogP contribution in [0.2, 0.25) is 5.02 Å². The highest BCUT2D eigenvalue weighted by molar-refractivity contribution is 6.30. The number of hydrogen-bond donors (Lipinski definition) is 1. The number of rotatable bonds is 6. The number of carbonyl (C=O) groups is 2. The first kappa shape index (κ1) is 21.9. The van der Waals surface area contributed by atoms with Crippen molar-refractivity contribution in [2.45, 2.75) is 25.7 Å². The highest BCUT2D eigenvalue weighted by Crippen LogP contribution is 2.26. The number of fused-ring (bicyclic) bond motifs is 1. The van der Waals surface area contributed by atoms with Gasteiger partial charge in [0.2, 0.25) is 0 Å². The Morgan fingerprint density at radius 1 is 1.16 bits per heavy atom. The van der Waals surface area contributed by atoms with Crippen LogP contribution in [-0.4, -0.2) is 103 Å². The molecule has 0 spiro atoms. The molecule has 1 aromatic rings. The van der Waals surface area contributed by atoms with Crippen molar-refractivity contribution in [3.05, 3.63) is 34.9 Å². The van der Waals surface area contributed by atoms with E-state index in [1.807, 2.05) is 24.0 Å². The maximum absolute atomic E-state index is 12.6. The number of urea groups is 1. The summed E-state index contributed by atoms with van der Waals surface area (Å²) in [5.41, 5.74) is 1.23. The van der Waals surface area contributed by atoms with E-state index >= 15 is 0 Å². The van der Waals surface area contributed by atoms with Crippen LogP contribution in [0.5, 0.6) is 0 Å². The number of likely N-dealkylation sites (N-methyl/N-ethyl adjacent to an activating group) is 1. The Kier molecular flexibility index (Phi) is 6.64. The summed E-state index contributed by atoms with van der Waals surface area (Å²) in [5.74, 6) is 0.474. The number of amides is 3. The van der Waals surface area contributed by atoms with Gasteiger partial charge >= 0.3 is 6.03 Å². The Labute approximate surface area is 187 Å². The quantitative estimate of drug-likeness (QED) is 0.655. The van der Waals surface area contributed by atoms with Crippen molar-refractivity contribution < 1.29 is 14.3 Å². The molecule has 3 heterocycles. The molecule has 10 heteroatoms. The Morgan fingerprint density at radius 2 is 1.87 bits per heavy atom. The molecule has 2 unspecified atom stereocenters. The molecule has 1 N–H and O–H groups in total. The number of carbonyl (C=O) groups excluding carboxylic acids is 2. The third kappa shape index (κ3) is 4.63. The lowest BCUT2D eigenvalue weighted by atomic mass is 10.1. The van der Waals surface area contributed by atoms with Gasteiger partial charge in [-0.2, -0.15) is 0 Å². The molecular weight excluding hydrogens is 420 g/mol. The number of guanidine groups is 1. The minimum Gasteiger partial charge on any atom is -0.380 e. The van der Waals surface area contributed by atoms with Gasteiger partial charge in [0, 0.05) is 57.9 Å². The molecule has 3 amide bonds. The van der Waals surface area contributed by atoms with Crippen molar-refractivity contribution >= 4 is 29.5 Å². The molecule has 3 aliphatic heterocycles. The topological polar surface area (TPSA) is 80.7 Å². The first-order chi connectivity index (χ1) is 15.0. The van der Waals surface area contributed by atoms with Gasteiger partial charge in [0.15, 0.2) is 18.2 Å². The minimum absolute atomic E-state index is 0.301. The van der Waals surface area contributed by atoms with Crippen molar-refractivity contribution in [3.63, 3.8) is 0 Å². The van der Waals surface area contributed by atoms with Gasteiger partial charge in [-0.05, 0) is 24.6 Å². The monoisotopic (exact) mass is 448 g/mol. The van der Waals surface area contributed by atoms with Crippen LogP contribution in [-0.2, 0) is 16.1 Å². The molecule has 2 fully saturated rings. The highest BCUT2D eigenvalue weighted by atomic mass is 35.5. The lowest BCUT2D eigenvalue weighted by Gasteiger charge is -2.40. The summed E-state index contributed by atoms with van der Waals surface area (Å²) in [5, 5.41) is 3.18. The molecule has 0 saturated carbocycles. The van der Waals surface area contributed by atoms with E-state index in [4.69, 9.17) is 21.3 Å². The van der Waals surface area contributed by atoms with Crippen LogP contribution in [0.1, 0.15) is 12.5 Å². The molecule has 9 nitrogen and oxygen atoms in total. The van der Waals surface area contributed by atoms with Gasteiger partial charge in [0.25, 0.3) is 5.91 Å². The van der Waals surface area contributed by atoms with Crippen LogP contribution >= 0.6 is 11.6 Å². The van der Waals surface area contributed by atoms with Crippen molar-refractivity contribution in [1.82, 2.24) is 24.9 Å². The second kappa shape index (κ2) is 9.42. The number of imide groups is 1. The van der Waals surface area contributed by atoms with Gasteiger partial charge in [0.05, 0.1) is 6.61 Å². The number of benzene rings is 1. The van der Waals surface area contributed by atoms with E-state index in [2.05, 4.69) is 27.2 Å². The van der Waals surface area contributed by atoms with Gasteiger partial charge in [-0.15, -0.1) is 0 Å². The molecule has 0 aromatic heterocycles. The zero-order chi connectivity index (χ0) is 22.0. The van der Waals surface area contributed by atoms with Crippen LogP contribution in [0.25, 0.3) is 0 Å². The molecule has 168 valence electrons. The number of nitrogens with one attached hydrogen (secondary N) is 1. The van der Waals surface area contributed by atoms with Gasteiger partial charge in [-0.25, -0.2) is 9.79 Å². The van der Waals surface area contributed by atoms with Gasteiger partial charge < -0.3 is 19.4 Å². The first-order valence-electron chi connectivity index (χ1n) is 10.7. The minimum atomic E-state index is -0.523. The number of ether oxygens (including phenoxy) is 1. The van der Waals surface area contributed by atoms with Crippen molar-refractivity contribution in [2.75, 3.05) is 53.0 Å². The van der Waals surface area contributed by atoms with Crippen molar-refractivity contribution in [2.24, 2.45) is 4.99 Å². The Balaban J connectivity index is 1.44. The van der Waals surface area contributed by atoms with Gasteiger partial charge in [-0.1, -0.05) is 23.7 Å². The first-order valence-corrected chi connectivity index (χ1v) is 11.1. The maximum atomic E-state index is 12.6. The molecule has 2 atom stereocenters. The average Bonchev–Trinajstić information content (AvgIpc) is 3.15. The van der Waals surface area contributed by atoms with Crippen LogP contribution in [0.3, 0.4) is 0 Å². The highest BCUT2D eigenvalue weighted by Gasteiger charge is 2.49. The number of aliphatic imine (C=N–C) groups is 1. The molecule has 1 aromatic carbocycles. The summed E-state index contributed by atoms with van der Waals surface area (Å²) in [6.07, 6.45) is -0.509. The summed E-state index contributed by atoms with van der Waals surface area (Å²) >= 11 is 5.99. The summed E-state index contributed by atoms with van der Waals surface area (Å²) in [6, 6.07) is 7.02. The summed E-state index contributed by atoms with van der Waals surface area (Å²) < 4.78 is 5.54. The normalized spacial score (nSPS) is 24.4. The van der Waals surface area contributed by atoms with Crippen molar-refractivity contribution in [1.29, 1.82) is 0 Å². The molecular formula is C21H29ClN6O3. The van der Waals surface area contributed by atoms with Crippen molar-refractivity contribution in [3.8, 4) is 0 Å². The van der Waals surface area contributed by atoms with Crippen LogP contribution in [0.15, 0.2) is 29.3 Å². The third-order valence-electron chi connectivity index (χ3n) is 5.99. The second-order valence-electron chi connectivity index (χ2n) is 7.97. The van der Waals surface area contributed by atoms with E-state index in [-0.39, 0.29) is 5.91 Å². The lowest BCUT2D eigenvalue weighted by Crippen LogP contribution is -2.65. The molecule has 0 aliphatic carbocycles. The SMILES string of the molecule is CCOCCN1C(N2CCN(Cc3ccc(Cl)cc3)CC2)=NC2C1C(=O)NC(=O)N2C. The van der Waals surface area contributed by atoms with E-state index < -0.39 is 18.2 Å². The fourth-order valence-corrected chi connectivity index (χ4v) is 4.40. The molecule has 3 aliphatic rings. The van der Waals surface area contributed by atoms with Crippen LogP contribution < -0.4 is 5.32 Å². The van der Waals surface area contributed by atoms with E-state index in [9.17, 15) is 9.59 Å². The Bertz CT molecular complexity index is 840. The van der Waals surface area contributed by atoms with Gasteiger partial charge in [0.1, 0.15) is 0 Å². The number of nitrogens with zero attached hydrogens (tertiary/aromatic N) is 5. The summed E-state index contributed by atoms with van der Waals surface area (Å²) in [6.45, 7) is 7.86. The summed E-state index contributed by atoms with van der Waals surface area (Å²) in [4.78, 5) is 37.6. The van der Waals surface area contributed by atoms with E-state index in [1.165, 1.54) is 10.5 Å². The number of piperazine rings is 1. The fraction of sp³-hybridized carbons (Fsp3) is 0.571. The third-order valence-corrected chi connectivity index (χ3v) is 6.25. The van der Waals surface area contributed by atoms with E-state index in [0.29, 0.717) is 19.8 Å². The standard InChI is InChI=1S/C21H29ClN6O3/c1-3-31-13-12-28-17-18(25(2)21(30)24-19(17)29)23-20(28)27-10-8-26(9-11-27)14-15-4-6-16(22)7-5-15/h4-7,17-18H,3,8-14H2,1-2H3,(H,24,29,30). The maximum Gasteiger partial charge on any atom is 0.325 e. The molecule has 4 rings (SSSR count). The Hall–Kier alpha value is -2.36. The predicted octanol–water partition coefficient (Wildman–Crippen LogP) is 1.04. The second-order valence-corrected chi connectivity index (χ2v) is 8.41. The smallest absolute Gasteiger partial charge is 0.325 e. The molecule has 2 saturated heterocycles. The predicted molar refractivity (Wildman–Crippen MR) is 118 cm³/mol. The number of halogens is 1. The van der Waals surface area contributed by atoms with E-state index in [1.54, 1.807) is 7.05 Å². The zero-order valence-electron chi connectivity index (χ0n) is 18.0. The Morgan fingerprint density at radius 3 is 2.55 bits per heavy atom. The largest absolute Gasteiger partial charge is 0.380 e. The van der Waals surface area contributed by atoms with Crippen LogP contribution in [0.4, 0.5) is 4.79 Å². The van der Waals surface area contributed by atoms with E-state index in [0.717, 1.165) is 43.7 Å².